The summed E-state index contributed by atoms with van der Waals surface area (Å²) in [5.41, 5.74) is 1.98. The molecule has 4 rings (SSSR count). The summed E-state index contributed by atoms with van der Waals surface area (Å²) < 4.78 is 31.0. The standard InChI is InChI=1S/C25H28N2O4S/c1-19-7-5-6-10-24(19)32(29,30)18-22-11-12-23(31-22)25(28)26-21-13-15-27(16-14-21)17-20-8-3-2-4-9-20/h2-12,21H,13-18H2,1H3,(H,26,28). The monoisotopic (exact) mass is 452 g/mol. The summed E-state index contributed by atoms with van der Waals surface area (Å²) in [6.45, 7) is 4.51. The molecule has 0 spiro atoms. The van der Waals surface area contributed by atoms with Gasteiger partial charge in [0.2, 0.25) is 0 Å². The van der Waals surface area contributed by atoms with Crippen LogP contribution < -0.4 is 5.32 Å². The third-order valence-electron chi connectivity index (χ3n) is 5.82. The Morgan fingerprint density at radius 2 is 1.69 bits per heavy atom. The van der Waals surface area contributed by atoms with Gasteiger partial charge in [0.15, 0.2) is 15.6 Å². The number of carbonyl (C=O) groups excluding carboxylic acids is 1. The van der Waals surface area contributed by atoms with Gasteiger partial charge in [-0.3, -0.25) is 9.69 Å². The molecular weight excluding hydrogens is 424 g/mol. The van der Waals surface area contributed by atoms with Crippen LogP contribution in [0.1, 0.15) is 40.3 Å². The van der Waals surface area contributed by atoms with Crippen molar-refractivity contribution in [2.24, 2.45) is 0 Å². The van der Waals surface area contributed by atoms with Crippen molar-refractivity contribution < 1.29 is 17.6 Å². The van der Waals surface area contributed by atoms with E-state index >= 15 is 0 Å². The largest absolute Gasteiger partial charge is 0.455 e. The van der Waals surface area contributed by atoms with Gasteiger partial charge >= 0.3 is 0 Å². The summed E-state index contributed by atoms with van der Waals surface area (Å²) in [5.74, 6) is -0.169. The SMILES string of the molecule is Cc1ccccc1S(=O)(=O)Cc1ccc(C(=O)NC2CCN(Cc3ccccc3)CC2)o1. The van der Waals surface area contributed by atoms with Crippen LogP contribution >= 0.6 is 0 Å². The Bertz CT molecular complexity index is 1160. The second kappa shape index (κ2) is 9.71. The number of aryl methyl sites for hydroxylation is 1. The highest BCUT2D eigenvalue weighted by Crippen LogP contribution is 2.21. The van der Waals surface area contributed by atoms with Crippen LogP contribution in [0.25, 0.3) is 0 Å². The molecule has 2 heterocycles. The number of sulfone groups is 1. The first-order valence-corrected chi connectivity index (χ1v) is 12.5. The molecule has 0 saturated carbocycles. The number of benzene rings is 2. The van der Waals surface area contributed by atoms with E-state index in [0.717, 1.165) is 32.5 Å². The Morgan fingerprint density at radius 1 is 1.00 bits per heavy atom. The average molecular weight is 453 g/mol. The summed E-state index contributed by atoms with van der Waals surface area (Å²) in [6.07, 6.45) is 1.74. The zero-order valence-electron chi connectivity index (χ0n) is 18.2. The third-order valence-corrected chi connectivity index (χ3v) is 7.61. The minimum atomic E-state index is -3.55. The predicted molar refractivity (Wildman–Crippen MR) is 123 cm³/mol. The van der Waals surface area contributed by atoms with Crippen LogP contribution in [-0.4, -0.2) is 38.4 Å². The van der Waals surface area contributed by atoms with Crippen molar-refractivity contribution in [3.63, 3.8) is 0 Å². The number of hydrogen-bond acceptors (Lipinski definition) is 5. The van der Waals surface area contributed by atoms with Gasteiger partial charge in [-0.1, -0.05) is 48.5 Å². The van der Waals surface area contributed by atoms with Crippen molar-refractivity contribution >= 4 is 15.7 Å². The molecule has 0 unspecified atom stereocenters. The summed E-state index contributed by atoms with van der Waals surface area (Å²) in [6, 6.07) is 20.4. The van der Waals surface area contributed by atoms with E-state index in [9.17, 15) is 13.2 Å². The highest BCUT2D eigenvalue weighted by molar-refractivity contribution is 7.90. The fourth-order valence-electron chi connectivity index (χ4n) is 4.08. The minimum absolute atomic E-state index is 0.0822. The summed E-state index contributed by atoms with van der Waals surface area (Å²) >= 11 is 0. The number of furan rings is 1. The first-order valence-electron chi connectivity index (χ1n) is 10.8. The van der Waals surface area contributed by atoms with Crippen LogP contribution in [0.3, 0.4) is 0 Å². The molecule has 0 bridgehead atoms. The molecule has 0 atom stereocenters. The zero-order chi connectivity index (χ0) is 22.6. The number of likely N-dealkylation sites (tertiary alicyclic amines) is 1. The number of amides is 1. The maximum absolute atomic E-state index is 12.7. The summed E-state index contributed by atoms with van der Waals surface area (Å²) in [5, 5.41) is 3.03. The maximum atomic E-state index is 12.7. The van der Waals surface area contributed by atoms with Crippen molar-refractivity contribution in [2.75, 3.05) is 13.1 Å². The molecule has 1 aliphatic rings. The number of carbonyl (C=O) groups is 1. The van der Waals surface area contributed by atoms with E-state index in [0.29, 0.717) is 5.56 Å². The Kier molecular flexibility index (Phi) is 6.77. The van der Waals surface area contributed by atoms with E-state index in [2.05, 4.69) is 22.3 Å². The highest BCUT2D eigenvalue weighted by Gasteiger charge is 2.24. The molecule has 32 heavy (non-hydrogen) atoms. The number of nitrogens with zero attached hydrogens (tertiary/aromatic N) is 1. The molecule has 1 aliphatic heterocycles. The van der Waals surface area contributed by atoms with Gasteiger partial charge in [-0.15, -0.1) is 0 Å². The van der Waals surface area contributed by atoms with E-state index in [-0.39, 0.29) is 34.1 Å². The van der Waals surface area contributed by atoms with Gasteiger partial charge in [0.25, 0.3) is 5.91 Å². The number of rotatable bonds is 7. The van der Waals surface area contributed by atoms with Crippen molar-refractivity contribution in [1.82, 2.24) is 10.2 Å². The summed E-state index contributed by atoms with van der Waals surface area (Å²) in [7, 11) is -3.55. The lowest BCUT2D eigenvalue weighted by Crippen LogP contribution is -2.44. The zero-order valence-corrected chi connectivity index (χ0v) is 19.0. The first-order chi connectivity index (χ1) is 15.4. The van der Waals surface area contributed by atoms with Gasteiger partial charge in [0.1, 0.15) is 11.5 Å². The van der Waals surface area contributed by atoms with Crippen LogP contribution in [0, 0.1) is 6.92 Å². The molecule has 1 fully saturated rings. The number of hydrogen-bond donors (Lipinski definition) is 1. The van der Waals surface area contributed by atoms with Crippen molar-refractivity contribution in [3.05, 3.63) is 89.4 Å². The van der Waals surface area contributed by atoms with Crippen LogP contribution in [0.4, 0.5) is 0 Å². The molecule has 2 aromatic carbocycles. The number of nitrogens with one attached hydrogen (secondary N) is 1. The first kappa shape index (κ1) is 22.3. The van der Waals surface area contributed by atoms with Gasteiger partial charge < -0.3 is 9.73 Å². The van der Waals surface area contributed by atoms with Crippen LogP contribution in [0.2, 0.25) is 0 Å². The van der Waals surface area contributed by atoms with Gasteiger partial charge in [0, 0.05) is 25.7 Å². The maximum Gasteiger partial charge on any atom is 0.287 e. The number of piperidine rings is 1. The molecular formula is C25H28N2O4S. The van der Waals surface area contributed by atoms with Crippen molar-refractivity contribution in [1.29, 1.82) is 0 Å². The molecule has 3 aromatic rings. The second-order valence-electron chi connectivity index (χ2n) is 8.30. The smallest absolute Gasteiger partial charge is 0.287 e. The third kappa shape index (κ3) is 5.47. The molecule has 6 nitrogen and oxygen atoms in total. The minimum Gasteiger partial charge on any atom is -0.455 e. The Hall–Kier alpha value is -2.90. The van der Waals surface area contributed by atoms with Crippen molar-refractivity contribution in [2.45, 2.75) is 43.0 Å². The fraction of sp³-hybridized carbons (Fsp3) is 0.320. The molecule has 1 aromatic heterocycles. The molecule has 1 saturated heterocycles. The predicted octanol–water partition coefficient (Wildman–Crippen LogP) is 3.96. The molecule has 1 N–H and O–H groups in total. The quantitative estimate of drug-likeness (QED) is 0.587. The van der Waals surface area contributed by atoms with E-state index in [4.69, 9.17) is 4.42 Å². The van der Waals surface area contributed by atoms with E-state index in [1.165, 1.54) is 5.56 Å². The average Bonchev–Trinajstić information content (AvgIpc) is 3.24. The topological polar surface area (TPSA) is 79.6 Å². The normalized spacial score (nSPS) is 15.5. The Morgan fingerprint density at radius 3 is 2.41 bits per heavy atom. The van der Waals surface area contributed by atoms with Crippen LogP contribution in [-0.2, 0) is 22.1 Å². The highest BCUT2D eigenvalue weighted by atomic mass is 32.2. The van der Waals surface area contributed by atoms with Gasteiger partial charge in [-0.2, -0.15) is 0 Å². The molecule has 0 aliphatic carbocycles. The molecule has 1 amide bonds. The summed E-state index contributed by atoms with van der Waals surface area (Å²) in [4.78, 5) is 15.3. The molecule has 7 heteroatoms. The van der Waals surface area contributed by atoms with E-state index in [1.807, 2.05) is 18.2 Å². The van der Waals surface area contributed by atoms with Gasteiger partial charge in [-0.25, -0.2) is 8.42 Å². The lowest BCUT2D eigenvalue weighted by Gasteiger charge is -2.32. The second-order valence-corrected chi connectivity index (χ2v) is 10.3. The lowest BCUT2D eigenvalue weighted by molar-refractivity contribution is 0.0879. The van der Waals surface area contributed by atoms with Gasteiger partial charge in [0.05, 0.1) is 4.90 Å². The van der Waals surface area contributed by atoms with E-state index < -0.39 is 9.84 Å². The lowest BCUT2D eigenvalue weighted by atomic mass is 10.0. The Balaban J connectivity index is 1.30. The van der Waals surface area contributed by atoms with Crippen LogP contribution in [0.15, 0.2) is 76.0 Å². The van der Waals surface area contributed by atoms with E-state index in [1.54, 1.807) is 43.3 Å². The Labute approximate surface area is 189 Å². The molecule has 168 valence electrons. The van der Waals surface area contributed by atoms with Gasteiger partial charge in [-0.05, 0) is 49.1 Å². The molecule has 0 radical (unpaired) electrons. The van der Waals surface area contributed by atoms with Crippen LogP contribution in [0.5, 0.6) is 0 Å². The van der Waals surface area contributed by atoms with Crippen molar-refractivity contribution in [3.8, 4) is 0 Å². The fourth-order valence-corrected chi connectivity index (χ4v) is 5.61.